The average Bonchev–Trinajstić information content (AvgIpc) is 3.36. The highest BCUT2D eigenvalue weighted by atomic mass is 32.1. The van der Waals surface area contributed by atoms with Crippen molar-refractivity contribution in [3.8, 4) is 5.75 Å². The number of thiophene rings is 1. The summed E-state index contributed by atoms with van der Waals surface area (Å²) in [5, 5.41) is 1.92. The van der Waals surface area contributed by atoms with Gasteiger partial charge in [-0.1, -0.05) is 35.6 Å². The molecule has 3 aromatic rings. The number of carbonyl (C=O) groups excluding carboxylic acids is 1. The molecule has 4 rings (SSSR count). The van der Waals surface area contributed by atoms with Gasteiger partial charge in [-0.2, -0.15) is 0 Å². The predicted molar refractivity (Wildman–Crippen MR) is 113 cm³/mol. The van der Waals surface area contributed by atoms with Crippen molar-refractivity contribution in [3.63, 3.8) is 0 Å². The Hall–Kier alpha value is -2.97. The monoisotopic (exact) mass is 426 g/mol. The van der Waals surface area contributed by atoms with Gasteiger partial charge in [-0.25, -0.2) is 9.79 Å². The van der Waals surface area contributed by atoms with E-state index in [-0.39, 0.29) is 5.56 Å². The molecule has 1 atom stereocenters. The predicted octanol–water partition coefficient (Wildman–Crippen LogP) is 2.48. The Morgan fingerprint density at radius 3 is 2.69 bits per heavy atom. The molecular weight excluding hydrogens is 408 g/mol. The van der Waals surface area contributed by atoms with Crippen LogP contribution in [0.2, 0.25) is 0 Å². The van der Waals surface area contributed by atoms with Crippen LogP contribution in [0.5, 0.6) is 5.75 Å². The molecule has 0 spiro atoms. The first-order valence-corrected chi connectivity index (χ1v) is 10.5. The van der Waals surface area contributed by atoms with Gasteiger partial charge in [-0.05, 0) is 30.5 Å². The number of nitrogens with zero attached hydrogens (tertiary/aromatic N) is 2. The standard InChI is InChI=1S/C21H18N2O4S2/c1-12-17(20(25)27-3)18(15-9-6-10-28-15)23-19(24)16(29-21(23)22-12)11-13-7-4-5-8-14(13)26-2/h4-11,18H,1-3H3/b16-11+/t18-/m0/s1. The lowest BCUT2D eigenvalue weighted by molar-refractivity contribution is -0.136. The molecule has 8 heteroatoms. The van der Waals surface area contributed by atoms with Crippen LogP contribution in [0.4, 0.5) is 0 Å². The minimum atomic E-state index is -0.557. The normalized spacial score (nSPS) is 16.4. The van der Waals surface area contributed by atoms with Crippen LogP contribution >= 0.6 is 22.7 Å². The summed E-state index contributed by atoms with van der Waals surface area (Å²) in [4.78, 5) is 31.8. The van der Waals surface area contributed by atoms with Crippen molar-refractivity contribution in [2.24, 2.45) is 4.99 Å². The fraction of sp³-hybridized carbons (Fsp3) is 0.190. The highest BCUT2D eigenvalue weighted by Crippen LogP contribution is 2.33. The fourth-order valence-corrected chi connectivity index (χ4v) is 5.20. The van der Waals surface area contributed by atoms with Crippen molar-refractivity contribution >= 4 is 34.7 Å². The summed E-state index contributed by atoms with van der Waals surface area (Å²) in [5.74, 6) is 0.197. The van der Waals surface area contributed by atoms with Gasteiger partial charge in [-0.15, -0.1) is 11.3 Å². The Morgan fingerprint density at radius 1 is 1.21 bits per heavy atom. The highest BCUT2D eigenvalue weighted by Gasteiger charge is 2.33. The van der Waals surface area contributed by atoms with Crippen molar-refractivity contribution in [1.82, 2.24) is 4.57 Å². The lowest BCUT2D eigenvalue weighted by atomic mass is 10.0. The molecule has 148 valence electrons. The maximum absolute atomic E-state index is 13.4. The minimum absolute atomic E-state index is 0.202. The Kier molecular flexibility index (Phi) is 5.21. The van der Waals surface area contributed by atoms with Crippen LogP contribution in [0.25, 0.3) is 6.08 Å². The molecule has 0 saturated heterocycles. The smallest absolute Gasteiger partial charge is 0.338 e. The van der Waals surface area contributed by atoms with Crippen LogP contribution in [-0.2, 0) is 9.53 Å². The number of para-hydroxylation sites is 1. The van der Waals surface area contributed by atoms with Gasteiger partial charge >= 0.3 is 5.97 Å². The van der Waals surface area contributed by atoms with Crippen LogP contribution in [0, 0.1) is 0 Å². The van der Waals surface area contributed by atoms with Gasteiger partial charge in [0.15, 0.2) is 4.80 Å². The van der Waals surface area contributed by atoms with E-state index in [1.807, 2.05) is 41.8 Å². The summed E-state index contributed by atoms with van der Waals surface area (Å²) in [5.41, 5.74) is 1.54. The maximum Gasteiger partial charge on any atom is 0.338 e. The number of thiazole rings is 1. The van der Waals surface area contributed by atoms with Gasteiger partial charge < -0.3 is 9.47 Å². The zero-order valence-electron chi connectivity index (χ0n) is 16.0. The van der Waals surface area contributed by atoms with E-state index in [1.54, 1.807) is 24.7 Å². The number of hydrogen-bond donors (Lipinski definition) is 0. The third kappa shape index (κ3) is 3.34. The van der Waals surface area contributed by atoms with E-state index in [1.165, 1.54) is 29.8 Å². The summed E-state index contributed by atoms with van der Waals surface area (Å²) in [6, 6.07) is 10.7. The lowest BCUT2D eigenvalue weighted by Crippen LogP contribution is -2.39. The molecule has 0 bridgehead atoms. The van der Waals surface area contributed by atoms with Gasteiger partial charge in [0, 0.05) is 10.4 Å². The SMILES string of the molecule is COC(=O)C1=C(C)N=c2s/c(=C/c3ccccc3OC)c(=O)n2[C@H]1c1cccs1. The Bertz CT molecular complexity index is 1280. The van der Waals surface area contributed by atoms with E-state index in [2.05, 4.69) is 4.99 Å². The summed E-state index contributed by atoms with van der Waals surface area (Å²) in [6.45, 7) is 1.77. The molecule has 0 amide bonds. The summed E-state index contributed by atoms with van der Waals surface area (Å²) >= 11 is 2.78. The molecule has 0 saturated carbocycles. The number of methoxy groups -OCH3 is 2. The third-order valence-corrected chi connectivity index (χ3v) is 6.57. The Balaban J connectivity index is 1.98. The van der Waals surface area contributed by atoms with E-state index in [9.17, 15) is 9.59 Å². The number of benzene rings is 1. The van der Waals surface area contributed by atoms with Gasteiger partial charge in [0.05, 0.1) is 30.0 Å². The molecule has 0 N–H and O–H groups in total. The number of rotatable bonds is 4. The first-order valence-electron chi connectivity index (χ1n) is 8.82. The Labute approximate surface area is 174 Å². The summed E-state index contributed by atoms with van der Waals surface area (Å²) in [6.07, 6.45) is 1.80. The first-order chi connectivity index (χ1) is 14.0. The fourth-order valence-electron chi connectivity index (χ4n) is 3.34. The largest absolute Gasteiger partial charge is 0.496 e. The van der Waals surface area contributed by atoms with Crippen LogP contribution in [0.3, 0.4) is 0 Å². The van der Waals surface area contributed by atoms with E-state index in [0.29, 0.717) is 26.4 Å². The molecule has 6 nitrogen and oxygen atoms in total. The molecule has 2 aromatic heterocycles. The van der Waals surface area contributed by atoms with Gasteiger partial charge in [0.2, 0.25) is 0 Å². The summed E-state index contributed by atoms with van der Waals surface area (Å²) in [7, 11) is 2.93. The molecule has 0 aliphatic carbocycles. The van der Waals surface area contributed by atoms with Gasteiger partial charge in [0.25, 0.3) is 5.56 Å². The van der Waals surface area contributed by atoms with Crippen molar-refractivity contribution in [3.05, 3.63) is 83.2 Å². The maximum atomic E-state index is 13.4. The van der Waals surface area contributed by atoms with Crippen molar-refractivity contribution in [2.45, 2.75) is 13.0 Å². The highest BCUT2D eigenvalue weighted by molar-refractivity contribution is 7.10. The van der Waals surface area contributed by atoms with Crippen LogP contribution in [0.15, 0.2) is 62.8 Å². The molecule has 0 unspecified atom stereocenters. The second-order valence-electron chi connectivity index (χ2n) is 6.33. The molecular formula is C21H18N2O4S2. The van der Waals surface area contributed by atoms with Crippen molar-refractivity contribution in [2.75, 3.05) is 14.2 Å². The van der Waals surface area contributed by atoms with E-state index in [0.717, 1.165) is 10.4 Å². The quantitative estimate of drug-likeness (QED) is 0.601. The summed E-state index contributed by atoms with van der Waals surface area (Å²) < 4.78 is 12.5. The van der Waals surface area contributed by atoms with E-state index >= 15 is 0 Å². The molecule has 3 heterocycles. The number of fused-ring (bicyclic) bond motifs is 1. The Morgan fingerprint density at radius 2 is 2.00 bits per heavy atom. The molecule has 1 aliphatic heterocycles. The van der Waals surface area contributed by atoms with Gasteiger partial charge in [0.1, 0.15) is 11.8 Å². The number of allylic oxidation sites excluding steroid dienone is 1. The molecule has 0 fully saturated rings. The van der Waals surface area contributed by atoms with E-state index in [4.69, 9.17) is 9.47 Å². The number of ether oxygens (including phenoxy) is 2. The zero-order valence-corrected chi connectivity index (χ0v) is 17.7. The molecule has 0 radical (unpaired) electrons. The molecule has 29 heavy (non-hydrogen) atoms. The average molecular weight is 427 g/mol. The lowest BCUT2D eigenvalue weighted by Gasteiger charge is -2.22. The van der Waals surface area contributed by atoms with Crippen molar-refractivity contribution in [1.29, 1.82) is 0 Å². The molecule has 1 aromatic carbocycles. The number of hydrogen-bond acceptors (Lipinski definition) is 7. The number of esters is 1. The van der Waals surface area contributed by atoms with Crippen molar-refractivity contribution < 1.29 is 14.3 Å². The number of aromatic nitrogens is 1. The minimum Gasteiger partial charge on any atom is -0.496 e. The van der Waals surface area contributed by atoms with Gasteiger partial charge in [-0.3, -0.25) is 9.36 Å². The van der Waals surface area contributed by atoms with E-state index < -0.39 is 12.0 Å². The zero-order chi connectivity index (χ0) is 20.5. The van der Waals surface area contributed by atoms with Crippen LogP contribution < -0.4 is 19.6 Å². The third-order valence-electron chi connectivity index (χ3n) is 4.67. The number of carbonyl (C=O) groups is 1. The second-order valence-corrected chi connectivity index (χ2v) is 8.32. The first kappa shape index (κ1) is 19.4. The second kappa shape index (κ2) is 7.81. The topological polar surface area (TPSA) is 69.9 Å². The molecule has 1 aliphatic rings. The van der Waals surface area contributed by atoms with Crippen LogP contribution in [0.1, 0.15) is 23.4 Å². The van der Waals surface area contributed by atoms with Crippen LogP contribution in [-0.4, -0.2) is 24.8 Å².